The Morgan fingerprint density at radius 1 is 1.32 bits per heavy atom. The van der Waals surface area contributed by atoms with Gasteiger partial charge >= 0.3 is 0 Å². The van der Waals surface area contributed by atoms with Crippen molar-refractivity contribution in [1.82, 2.24) is 5.32 Å². The summed E-state index contributed by atoms with van der Waals surface area (Å²) in [5.74, 6) is -0.0492. The van der Waals surface area contributed by atoms with Gasteiger partial charge in [-0.2, -0.15) is 0 Å². The van der Waals surface area contributed by atoms with Crippen LogP contribution in [0.15, 0.2) is 41.8 Å². The average molecular weight is 274 g/mol. The lowest BCUT2D eigenvalue weighted by molar-refractivity contribution is 0.0935. The van der Waals surface area contributed by atoms with E-state index in [-0.39, 0.29) is 11.9 Å². The largest absolute Gasteiger partial charge is 0.399 e. The minimum Gasteiger partial charge on any atom is -0.399 e. The molecule has 1 unspecified atom stereocenters. The molecule has 1 amide bonds. The fourth-order valence-corrected chi connectivity index (χ4v) is 2.75. The third-order valence-electron chi connectivity index (χ3n) is 2.94. The summed E-state index contributed by atoms with van der Waals surface area (Å²) in [5.41, 5.74) is 6.93. The molecule has 0 aliphatic heterocycles. The number of hydrogen-bond donors (Lipinski definition) is 2. The molecule has 0 radical (unpaired) electrons. The first-order valence-electron chi connectivity index (χ1n) is 6.40. The Morgan fingerprint density at radius 3 is 2.63 bits per heavy atom. The van der Waals surface area contributed by atoms with Crippen molar-refractivity contribution in [3.8, 4) is 0 Å². The van der Waals surface area contributed by atoms with Crippen molar-refractivity contribution in [1.29, 1.82) is 0 Å². The van der Waals surface area contributed by atoms with E-state index in [4.69, 9.17) is 5.73 Å². The van der Waals surface area contributed by atoms with E-state index in [2.05, 4.69) is 18.3 Å². The quantitative estimate of drug-likeness (QED) is 0.818. The van der Waals surface area contributed by atoms with Crippen molar-refractivity contribution in [2.75, 3.05) is 5.73 Å². The number of carbonyl (C=O) groups excluding carboxylic acids is 1. The van der Waals surface area contributed by atoms with E-state index in [9.17, 15) is 4.79 Å². The van der Waals surface area contributed by atoms with E-state index in [0.29, 0.717) is 11.3 Å². The number of nitrogens with two attached hydrogens (primary N) is 1. The van der Waals surface area contributed by atoms with Crippen molar-refractivity contribution in [3.05, 3.63) is 52.2 Å². The van der Waals surface area contributed by atoms with Crippen LogP contribution in [0.1, 0.15) is 41.0 Å². The second-order valence-electron chi connectivity index (χ2n) is 4.45. The molecular weight excluding hydrogens is 256 g/mol. The molecule has 100 valence electrons. The van der Waals surface area contributed by atoms with Gasteiger partial charge < -0.3 is 11.1 Å². The monoisotopic (exact) mass is 274 g/mol. The fourth-order valence-electron chi connectivity index (χ4n) is 1.94. The van der Waals surface area contributed by atoms with Gasteiger partial charge in [0.15, 0.2) is 0 Å². The van der Waals surface area contributed by atoms with E-state index in [1.54, 1.807) is 35.6 Å². The number of rotatable bonds is 5. The second kappa shape index (κ2) is 6.38. The third kappa shape index (κ3) is 3.58. The summed E-state index contributed by atoms with van der Waals surface area (Å²) in [6, 6.07) is 11.2. The molecule has 1 aromatic heterocycles. The van der Waals surface area contributed by atoms with Gasteiger partial charge in [-0.15, -0.1) is 11.3 Å². The third-order valence-corrected chi connectivity index (χ3v) is 3.93. The minimum atomic E-state index is -0.0492. The van der Waals surface area contributed by atoms with Crippen molar-refractivity contribution in [2.24, 2.45) is 0 Å². The number of carbonyl (C=O) groups is 1. The van der Waals surface area contributed by atoms with Crippen LogP contribution >= 0.6 is 11.3 Å². The van der Waals surface area contributed by atoms with Gasteiger partial charge in [-0.25, -0.2) is 0 Å². The highest BCUT2D eigenvalue weighted by molar-refractivity contribution is 7.10. The average Bonchev–Trinajstić information content (AvgIpc) is 2.92. The Hall–Kier alpha value is -1.81. The van der Waals surface area contributed by atoms with Crippen LogP contribution in [-0.4, -0.2) is 5.91 Å². The molecule has 19 heavy (non-hydrogen) atoms. The van der Waals surface area contributed by atoms with Crippen molar-refractivity contribution >= 4 is 22.9 Å². The predicted octanol–water partition coefficient (Wildman–Crippen LogP) is 3.60. The molecule has 0 saturated heterocycles. The van der Waals surface area contributed by atoms with Crippen molar-refractivity contribution in [2.45, 2.75) is 25.8 Å². The molecule has 1 heterocycles. The maximum absolute atomic E-state index is 12.2. The number of nitrogens with one attached hydrogen (secondary N) is 1. The normalized spacial score (nSPS) is 12.1. The van der Waals surface area contributed by atoms with Gasteiger partial charge in [0.25, 0.3) is 5.91 Å². The van der Waals surface area contributed by atoms with Crippen LogP contribution in [0.4, 0.5) is 5.69 Å². The molecule has 1 atom stereocenters. The Labute approximate surface area is 117 Å². The molecule has 0 bridgehead atoms. The summed E-state index contributed by atoms with van der Waals surface area (Å²) < 4.78 is 0. The zero-order chi connectivity index (χ0) is 13.7. The highest BCUT2D eigenvalue weighted by Gasteiger charge is 2.15. The van der Waals surface area contributed by atoms with Gasteiger partial charge in [-0.3, -0.25) is 4.79 Å². The van der Waals surface area contributed by atoms with E-state index < -0.39 is 0 Å². The number of hydrogen-bond acceptors (Lipinski definition) is 3. The molecule has 4 heteroatoms. The Kier molecular flexibility index (Phi) is 4.58. The maximum Gasteiger partial charge on any atom is 0.251 e. The first-order chi connectivity index (χ1) is 9.20. The topological polar surface area (TPSA) is 55.1 Å². The molecule has 0 fully saturated rings. The summed E-state index contributed by atoms with van der Waals surface area (Å²) in [7, 11) is 0. The number of benzene rings is 1. The Balaban J connectivity index is 2.09. The zero-order valence-electron chi connectivity index (χ0n) is 10.9. The van der Waals surface area contributed by atoms with E-state index in [0.717, 1.165) is 12.8 Å². The van der Waals surface area contributed by atoms with Gasteiger partial charge in [0.1, 0.15) is 0 Å². The van der Waals surface area contributed by atoms with Crippen LogP contribution in [0.2, 0.25) is 0 Å². The molecule has 3 nitrogen and oxygen atoms in total. The van der Waals surface area contributed by atoms with Gasteiger partial charge in [0.05, 0.1) is 6.04 Å². The molecule has 3 N–H and O–H groups in total. The SMILES string of the molecule is CCCC(NC(=O)c1ccc(N)cc1)c1cccs1. The molecular formula is C15H18N2OS. The first-order valence-corrected chi connectivity index (χ1v) is 7.28. The van der Waals surface area contributed by atoms with Crippen LogP contribution in [0.25, 0.3) is 0 Å². The molecule has 0 saturated carbocycles. The van der Waals surface area contributed by atoms with Crippen LogP contribution in [-0.2, 0) is 0 Å². The molecule has 1 aromatic carbocycles. The van der Waals surface area contributed by atoms with E-state index >= 15 is 0 Å². The summed E-state index contributed by atoms with van der Waals surface area (Å²) in [4.78, 5) is 13.4. The highest BCUT2D eigenvalue weighted by atomic mass is 32.1. The summed E-state index contributed by atoms with van der Waals surface area (Å²) >= 11 is 1.68. The van der Waals surface area contributed by atoms with Gasteiger partial charge in [0, 0.05) is 16.1 Å². The van der Waals surface area contributed by atoms with Crippen LogP contribution in [0.5, 0.6) is 0 Å². The second-order valence-corrected chi connectivity index (χ2v) is 5.43. The van der Waals surface area contributed by atoms with Gasteiger partial charge in [-0.05, 0) is 42.1 Å². The highest BCUT2D eigenvalue weighted by Crippen LogP contribution is 2.23. The minimum absolute atomic E-state index is 0.0492. The molecule has 2 rings (SSSR count). The van der Waals surface area contributed by atoms with Crippen LogP contribution < -0.4 is 11.1 Å². The van der Waals surface area contributed by atoms with Crippen molar-refractivity contribution < 1.29 is 4.79 Å². The summed E-state index contributed by atoms with van der Waals surface area (Å²) in [5, 5.41) is 5.12. The Morgan fingerprint density at radius 2 is 2.05 bits per heavy atom. The molecule has 2 aromatic rings. The van der Waals surface area contributed by atoms with Crippen molar-refractivity contribution in [3.63, 3.8) is 0 Å². The van der Waals surface area contributed by atoms with E-state index in [1.165, 1.54) is 4.88 Å². The van der Waals surface area contributed by atoms with Crippen LogP contribution in [0, 0.1) is 0 Å². The number of anilines is 1. The predicted molar refractivity (Wildman–Crippen MR) is 80.3 cm³/mol. The number of nitrogen functional groups attached to an aromatic ring is 1. The standard InChI is InChI=1S/C15H18N2OS/c1-2-4-13(14-5-3-10-19-14)17-15(18)11-6-8-12(16)9-7-11/h3,5-10,13H,2,4,16H2,1H3,(H,17,18). The molecule has 0 aliphatic carbocycles. The smallest absolute Gasteiger partial charge is 0.251 e. The van der Waals surface area contributed by atoms with E-state index in [1.807, 2.05) is 11.4 Å². The number of amides is 1. The molecule has 0 aliphatic rings. The van der Waals surface area contributed by atoms with Gasteiger partial charge in [0.2, 0.25) is 0 Å². The maximum atomic E-state index is 12.2. The Bertz CT molecular complexity index is 520. The van der Waals surface area contributed by atoms with Crippen LogP contribution in [0.3, 0.4) is 0 Å². The zero-order valence-corrected chi connectivity index (χ0v) is 11.7. The lowest BCUT2D eigenvalue weighted by Crippen LogP contribution is -2.27. The fraction of sp³-hybridized carbons (Fsp3) is 0.267. The first kappa shape index (κ1) is 13.6. The summed E-state index contributed by atoms with van der Waals surface area (Å²) in [6.07, 6.45) is 1.98. The lowest BCUT2D eigenvalue weighted by Gasteiger charge is -2.16. The van der Waals surface area contributed by atoms with Gasteiger partial charge in [-0.1, -0.05) is 19.4 Å². The summed E-state index contributed by atoms with van der Waals surface area (Å²) in [6.45, 7) is 2.12. The lowest BCUT2D eigenvalue weighted by atomic mass is 10.1. The molecule has 0 spiro atoms. The number of thiophene rings is 1.